The quantitative estimate of drug-likeness (QED) is 0.0520. The number of aliphatic hydroxyl groups is 11. The third-order valence-electron chi connectivity index (χ3n) is 19.3. The molecule has 0 aromatic heterocycles. The first-order valence-electron chi connectivity index (χ1n) is 36.5. The normalized spacial score (nSPS) is 32.7. The molecule has 0 spiro atoms. The maximum Gasteiger partial charge on any atom is 0.293 e. The molecule has 0 aromatic carbocycles. The predicted molar refractivity (Wildman–Crippen MR) is 458 cm³/mol. The third-order valence-corrected chi connectivity index (χ3v) is 27.4. The van der Waals surface area contributed by atoms with Crippen molar-refractivity contribution in [3.63, 3.8) is 0 Å². The fraction of sp³-hybridized carbons (Fsp3) is 0.595. The Kier molecular flexibility index (Phi) is 34.3. The van der Waals surface area contributed by atoms with Gasteiger partial charge in [0.05, 0.1) is 45.9 Å². The van der Waals surface area contributed by atoms with Crippen LogP contribution in [0.4, 0.5) is 0 Å². The highest BCUT2D eigenvalue weighted by molar-refractivity contribution is 14.1. The minimum absolute atomic E-state index is 0.0931. The molecule has 5 amide bonds. The third kappa shape index (κ3) is 26.8. The molecular weight excluding hydrogens is 1660 g/mol. The molecule has 0 aromatic rings. The van der Waals surface area contributed by atoms with Crippen LogP contribution in [0.25, 0.3) is 0 Å². The molecule has 0 bridgehead atoms. The summed E-state index contributed by atoms with van der Waals surface area (Å²) in [4.78, 5) is 65.4. The number of hydrogen-bond acceptors (Lipinski definition) is 27. The summed E-state index contributed by atoms with van der Waals surface area (Å²) in [5.74, 6) is -0.520. The van der Waals surface area contributed by atoms with E-state index in [1.54, 1.807) is 52.4 Å². The van der Waals surface area contributed by atoms with Crippen molar-refractivity contribution >= 4 is 118 Å². The van der Waals surface area contributed by atoms with E-state index in [9.17, 15) is 80.1 Å². The molecular formula is C74H123IN11O21P5. The Morgan fingerprint density at radius 1 is 0.429 bits per heavy atom. The molecule has 10 rings (SSSR count). The van der Waals surface area contributed by atoms with Crippen LogP contribution >= 0.6 is 57.0 Å². The van der Waals surface area contributed by atoms with Crippen LogP contribution in [0.15, 0.2) is 119 Å². The van der Waals surface area contributed by atoms with E-state index in [2.05, 4.69) is 158 Å². The molecule has 6 saturated heterocycles. The fourth-order valence-corrected chi connectivity index (χ4v) is 18.0. The molecule has 38 heteroatoms. The lowest BCUT2D eigenvalue weighted by Gasteiger charge is -2.36. The van der Waals surface area contributed by atoms with E-state index < -0.39 is 169 Å². The van der Waals surface area contributed by atoms with E-state index in [4.69, 9.17) is 29.4 Å². The van der Waals surface area contributed by atoms with Gasteiger partial charge in [-0.3, -0.25) is 24.0 Å². The van der Waals surface area contributed by atoms with Gasteiger partial charge in [-0.25, -0.2) is 0 Å². The lowest BCUT2D eigenvalue weighted by atomic mass is 10.1. The van der Waals surface area contributed by atoms with Crippen LogP contribution in [0.2, 0.25) is 0 Å². The number of rotatable bonds is 22. The van der Waals surface area contributed by atoms with Crippen molar-refractivity contribution in [2.75, 3.05) is 111 Å². The van der Waals surface area contributed by atoms with Gasteiger partial charge in [0.15, 0.2) is 36.9 Å². The monoisotopic (exact) mass is 1780 g/mol. The summed E-state index contributed by atoms with van der Waals surface area (Å²) in [7, 11) is 0. The molecule has 18 N–H and O–H groups in total. The van der Waals surface area contributed by atoms with E-state index in [-0.39, 0.29) is 35.3 Å². The minimum Gasteiger partial charge on any atom is -0.502 e. The van der Waals surface area contributed by atoms with Crippen molar-refractivity contribution in [1.82, 2.24) is 51.1 Å². The first-order valence-corrected chi connectivity index (χ1v) is 52.9. The van der Waals surface area contributed by atoms with Gasteiger partial charge >= 0.3 is 0 Å². The zero-order valence-electron chi connectivity index (χ0n) is 66.2. The van der Waals surface area contributed by atoms with Crippen LogP contribution in [0.1, 0.15) is 45.4 Å². The number of nitrogens with zero attached hydrogens (tertiary/aromatic N) is 5. The first-order chi connectivity index (χ1) is 51.6. The maximum absolute atomic E-state index is 12.0. The highest BCUT2D eigenvalue weighted by Gasteiger charge is 2.52. The molecule has 10 aliphatic rings. The van der Waals surface area contributed by atoms with Crippen LogP contribution in [0.3, 0.4) is 0 Å². The summed E-state index contributed by atoms with van der Waals surface area (Å²) >= 11 is 1.90. The Bertz CT molecular complexity index is 3690. The molecule has 632 valence electrons. The summed E-state index contributed by atoms with van der Waals surface area (Å²) in [6.45, 7) is 36.2. The Balaban J connectivity index is 0.000000219. The lowest BCUT2D eigenvalue weighted by Crippen LogP contribution is -2.51. The number of aliphatic hydroxyl groups excluding tert-OH is 11. The molecule has 10 aliphatic heterocycles. The minimum atomic E-state index is -1.26. The predicted octanol–water partition coefficient (Wildman–Crippen LogP) is 0.545. The number of carbonyl (C=O) groups is 5. The summed E-state index contributed by atoms with van der Waals surface area (Å²) in [6, 6.07) is 0. The molecule has 1 unspecified atom stereocenters. The van der Waals surface area contributed by atoms with Gasteiger partial charge < -0.3 is 137 Å². The molecule has 10 heterocycles. The Morgan fingerprint density at radius 3 is 1.06 bits per heavy atom. The van der Waals surface area contributed by atoms with Crippen molar-refractivity contribution in [1.29, 1.82) is 0 Å². The van der Waals surface area contributed by atoms with Crippen molar-refractivity contribution < 1.29 is 104 Å². The van der Waals surface area contributed by atoms with Crippen LogP contribution in [0.5, 0.6) is 0 Å². The van der Waals surface area contributed by atoms with Gasteiger partial charge in [-0.15, -0.1) is 65.9 Å². The Hall–Kier alpha value is -4.86. The highest BCUT2D eigenvalue weighted by Crippen LogP contribution is 2.44. The van der Waals surface area contributed by atoms with Crippen molar-refractivity contribution in [3.8, 4) is 0 Å². The molecule has 6 fully saturated rings. The highest BCUT2D eigenvalue weighted by atomic mass is 127. The average molecular weight is 1780 g/mol. The second kappa shape index (κ2) is 40.1. The number of nitrogens with one attached hydrogen (secondary N) is 5. The van der Waals surface area contributed by atoms with Gasteiger partial charge in [0.2, 0.25) is 5.91 Å². The van der Waals surface area contributed by atoms with Crippen LogP contribution in [-0.2, 0) is 47.7 Å². The van der Waals surface area contributed by atoms with E-state index in [1.165, 1.54) is 9.80 Å². The molecule has 0 saturated carbocycles. The van der Waals surface area contributed by atoms with Crippen molar-refractivity contribution in [3.05, 3.63) is 119 Å². The zero-order valence-corrected chi connectivity index (χ0v) is 72.8. The first kappa shape index (κ1) is 96.0. The number of halogens is 1. The van der Waals surface area contributed by atoms with Gasteiger partial charge in [-0.05, 0) is 159 Å². The van der Waals surface area contributed by atoms with E-state index in [1.807, 2.05) is 22.6 Å². The molecule has 0 aliphatic carbocycles. The largest absolute Gasteiger partial charge is 0.502 e. The topological polar surface area (TPSA) is 456 Å². The van der Waals surface area contributed by atoms with Gasteiger partial charge in [-0.2, -0.15) is 0 Å². The second-order valence-electron chi connectivity index (χ2n) is 32.7. The molecule has 112 heavy (non-hydrogen) atoms. The summed E-state index contributed by atoms with van der Waals surface area (Å²) in [5, 5.41) is 125. The number of ether oxygens (including phenoxy) is 5. The molecule has 32 nitrogen and oxygen atoms in total. The van der Waals surface area contributed by atoms with Crippen molar-refractivity contribution in [2.45, 2.75) is 168 Å². The Labute approximate surface area is 672 Å². The fourth-order valence-electron chi connectivity index (χ4n) is 12.8. The van der Waals surface area contributed by atoms with Gasteiger partial charge in [0, 0.05) is 43.7 Å². The standard InChI is InChI=1S/C17H28N3O4P.C15H25N2O4P.C14H22IN2O4P.C14H23N2O5P.C14H25N2O4P/c1-11-19-16(23)12(6-5-8-18)10-20(11)17-15(22)14(21)13(24-17)7-9-25(2,3)4;1-9-8-17(10(2)16-14(9)20)15-13(19)12(18)11(21-15)6-7-22(3,4)5;1-8-16-13(20)9(15)7-17(8)14-12(19)11(18)10(21-14)5-6-22(2,3)4;1-8-15-13(20)9(17)7-16(8)14-12(19)11(18)10(21-14)5-6-22(2,3)4;1-9-15-11(17)5-7-16(9)14-13(19)12(18)10(20-14)6-8-21(2,3)4/h5-6,10,13-15,17,21-22H,1-2,7-9,18H2,3-4H3,(H,19,23);8,11-13,15,18-19H,2-3,6-7H2,1,4-5H3,(H,16,20);7,10-12,14,18-19H,1-2,5-6H2,3-4H3,(H,16,20);7,10-12,14,17-19H,1-2,5-6H2,3-4H3,(H,15,20);10,12-14,18-19H,1-2,5-8H2,3-4H3,(H,15,17)/b6-5+;;;;/t13-,14-,15-,17?;11-,12-,13-,15-;2*10-,11-,12-,14-;10-,12-,13-,14-/m11111/s1. The molecule has 0 radical (unpaired) electrons. The smallest absolute Gasteiger partial charge is 0.293 e. The second-order valence-corrected chi connectivity index (χ2v) is 55.4. The summed E-state index contributed by atoms with van der Waals surface area (Å²) in [5.41, 5.74) is 6.29. The lowest BCUT2D eigenvalue weighted by molar-refractivity contribution is -0.128. The van der Waals surface area contributed by atoms with E-state index in [0.717, 1.165) is 37.0 Å². The number of carbonyl (C=O) groups excluding carboxylic acids is 5. The maximum atomic E-state index is 12.0. The number of amides is 5. The van der Waals surface area contributed by atoms with Gasteiger partial charge in [0.25, 0.3) is 23.6 Å². The number of nitrogens with two attached hydrogens (primary N) is 1. The average Bonchev–Trinajstić information content (AvgIpc) is 1.69. The summed E-state index contributed by atoms with van der Waals surface area (Å²) in [6.07, 6.45) is 21.1. The van der Waals surface area contributed by atoms with Gasteiger partial charge in [0.1, 0.15) is 90.1 Å². The van der Waals surface area contributed by atoms with Crippen LogP contribution in [0, 0.1) is 0 Å². The SMILES string of the molecule is C=C1NC(=O)C(/C=C/CN)=CN1C1O[C@H](CCP(=C)(C)C)[C@@H](O)[C@H]1O.C=C1NC(=O)C(C)=CN1[C@@H]1O[C@H](CCP(=C)(C)C)[C@@H](O)[C@H]1O.C=C1NC(=O)C(I)=CN1[C@@H]1O[C@H](CCP(=C)(C)C)[C@@H](O)[C@H]1O.C=C1NC(=O)C(O)=CN1[C@@H]1O[C@H](CCP(=C)(C)C)[C@@H](O)[C@H]1O.C=C1NC(=O)CCN1[C@@H]1O[C@H](CCP(=C)(C)C)[C@@H](O)[C@H]1O. The van der Waals surface area contributed by atoms with Crippen LogP contribution < -0.4 is 32.3 Å². The Morgan fingerprint density at radius 2 is 0.723 bits per heavy atom. The zero-order chi connectivity index (χ0) is 84.5. The van der Waals surface area contributed by atoms with E-state index in [0.29, 0.717) is 83.8 Å². The number of hydrogen-bond donors (Lipinski definition) is 17. The molecule has 20 atom stereocenters. The van der Waals surface area contributed by atoms with E-state index >= 15 is 0 Å². The summed E-state index contributed by atoms with van der Waals surface area (Å²) < 4.78 is 29.6. The van der Waals surface area contributed by atoms with Crippen molar-refractivity contribution in [2.24, 2.45) is 5.73 Å². The van der Waals surface area contributed by atoms with Crippen LogP contribution in [-0.4, -0.2) is 375 Å². The van der Waals surface area contributed by atoms with Gasteiger partial charge in [-0.1, -0.05) is 45.0 Å².